The van der Waals surface area contributed by atoms with Gasteiger partial charge >= 0.3 is 12.1 Å². The van der Waals surface area contributed by atoms with Gasteiger partial charge in [0.2, 0.25) is 0 Å². The van der Waals surface area contributed by atoms with Gasteiger partial charge in [-0.3, -0.25) is 4.79 Å². The maximum atomic E-state index is 13.4. The number of para-hydroxylation sites is 1. The number of alkyl halides is 3. The van der Waals surface area contributed by atoms with E-state index in [0.29, 0.717) is 30.6 Å². The van der Waals surface area contributed by atoms with Crippen LogP contribution in [0.2, 0.25) is 0 Å². The van der Waals surface area contributed by atoms with E-state index in [-0.39, 0.29) is 12.5 Å². The van der Waals surface area contributed by atoms with Crippen molar-refractivity contribution in [2.45, 2.75) is 38.0 Å². The number of halogens is 3. The van der Waals surface area contributed by atoms with Gasteiger partial charge in [0, 0.05) is 24.0 Å². The largest absolute Gasteiger partial charge is 0.481 e. The van der Waals surface area contributed by atoms with Crippen molar-refractivity contribution in [2.24, 2.45) is 0 Å². The van der Waals surface area contributed by atoms with Crippen molar-refractivity contribution in [2.75, 3.05) is 11.4 Å². The molecule has 1 aliphatic heterocycles. The Hall–Kier alpha value is -3.74. The monoisotopic (exact) mass is 478 g/mol. The second kappa shape index (κ2) is 9.13. The van der Waals surface area contributed by atoms with Crippen LogP contribution >= 0.6 is 0 Å². The molecule has 5 rings (SSSR count). The first-order valence-corrected chi connectivity index (χ1v) is 11.6. The molecule has 3 aromatic carbocycles. The zero-order chi connectivity index (χ0) is 24.6. The van der Waals surface area contributed by atoms with E-state index in [2.05, 4.69) is 9.47 Å². The molecule has 180 valence electrons. The van der Waals surface area contributed by atoms with Gasteiger partial charge in [0.15, 0.2) is 0 Å². The molecule has 0 amide bonds. The lowest BCUT2D eigenvalue weighted by atomic mass is 10.0. The molecule has 2 heterocycles. The number of carboxylic acids is 1. The van der Waals surface area contributed by atoms with Crippen LogP contribution in [0.4, 0.5) is 19.0 Å². The molecule has 0 aliphatic carbocycles. The summed E-state index contributed by atoms with van der Waals surface area (Å²) < 4.78 is 42.5. The maximum absolute atomic E-state index is 13.4. The Morgan fingerprint density at radius 3 is 2.46 bits per heavy atom. The maximum Gasteiger partial charge on any atom is 0.416 e. The fraction of sp³-hybridized carbons (Fsp3) is 0.250. The number of rotatable bonds is 6. The number of carbonyl (C=O) groups is 1. The molecule has 1 aromatic heterocycles. The average Bonchev–Trinajstić information content (AvgIpc) is 3.42. The van der Waals surface area contributed by atoms with Crippen molar-refractivity contribution in [3.8, 4) is 0 Å². The number of benzene rings is 3. The highest BCUT2D eigenvalue weighted by molar-refractivity contribution is 5.93. The summed E-state index contributed by atoms with van der Waals surface area (Å²) in [5, 5.41) is 10.6. The molecule has 4 nitrogen and oxygen atoms in total. The summed E-state index contributed by atoms with van der Waals surface area (Å²) >= 11 is 0. The smallest absolute Gasteiger partial charge is 0.416 e. The minimum atomic E-state index is -4.42. The van der Waals surface area contributed by atoms with Gasteiger partial charge in [0.25, 0.3) is 0 Å². The summed E-state index contributed by atoms with van der Waals surface area (Å²) in [4.78, 5) is 14.0. The number of carboxylic acid groups (broad SMARTS) is 1. The number of aliphatic carboxylic acids is 1. The highest BCUT2D eigenvalue weighted by Gasteiger charge is 2.35. The molecule has 0 spiro atoms. The zero-order valence-electron chi connectivity index (χ0n) is 19.0. The van der Waals surface area contributed by atoms with Gasteiger partial charge in [0.05, 0.1) is 23.5 Å². The summed E-state index contributed by atoms with van der Waals surface area (Å²) in [7, 11) is 0. The van der Waals surface area contributed by atoms with Gasteiger partial charge in [-0.1, -0.05) is 60.7 Å². The third kappa shape index (κ3) is 4.50. The lowest BCUT2D eigenvalue weighted by molar-refractivity contribution is -0.138. The third-order valence-corrected chi connectivity index (χ3v) is 6.68. The van der Waals surface area contributed by atoms with Crippen molar-refractivity contribution in [3.63, 3.8) is 0 Å². The molecule has 0 bridgehead atoms. The van der Waals surface area contributed by atoms with E-state index >= 15 is 0 Å². The number of anilines is 1. The van der Waals surface area contributed by atoms with Crippen LogP contribution in [0, 0.1) is 0 Å². The number of hydrogen-bond acceptors (Lipinski definition) is 2. The van der Waals surface area contributed by atoms with Gasteiger partial charge in [-0.15, -0.1) is 0 Å². The minimum Gasteiger partial charge on any atom is -0.481 e. The fourth-order valence-corrected chi connectivity index (χ4v) is 5.23. The molecule has 1 N–H and O–H groups in total. The van der Waals surface area contributed by atoms with Crippen LogP contribution in [-0.4, -0.2) is 22.2 Å². The fourth-order valence-electron chi connectivity index (χ4n) is 5.23. The Balaban J connectivity index is 1.68. The van der Waals surface area contributed by atoms with E-state index in [4.69, 9.17) is 0 Å². The predicted octanol–water partition coefficient (Wildman–Crippen LogP) is 6.68. The molecule has 1 fully saturated rings. The summed E-state index contributed by atoms with van der Waals surface area (Å²) in [5.41, 5.74) is 2.60. The Morgan fingerprint density at radius 2 is 1.71 bits per heavy atom. The molecule has 7 heteroatoms. The third-order valence-electron chi connectivity index (χ3n) is 6.68. The Morgan fingerprint density at radius 1 is 0.971 bits per heavy atom. The Kier molecular flexibility index (Phi) is 6.01. The van der Waals surface area contributed by atoms with Gasteiger partial charge < -0.3 is 14.6 Å². The summed E-state index contributed by atoms with van der Waals surface area (Å²) in [6.07, 6.45) is -3.08. The molecule has 4 aromatic rings. The number of hydrogen-bond donors (Lipinski definition) is 1. The highest BCUT2D eigenvalue weighted by atomic mass is 19.4. The van der Waals surface area contributed by atoms with Crippen molar-refractivity contribution in [3.05, 3.63) is 101 Å². The Labute approximate surface area is 201 Å². The van der Waals surface area contributed by atoms with Crippen molar-refractivity contribution >= 4 is 22.7 Å². The summed E-state index contributed by atoms with van der Waals surface area (Å²) in [6, 6.07) is 22.8. The molecule has 1 atom stereocenters. The number of aromatic nitrogens is 1. The van der Waals surface area contributed by atoms with E-state index in [1.54, 1.807) is 6.07 Å². The summed E-state index contributed by atoms with van der Waals surface area (Å²) in [6.45, 7) is 1.17. The molecule has 0 radical (unpaired) electrons. The lowest BCUT2D eigenvalue weighted by Crippen LogP contribution is -2.27. The van der Waals surface area contributed by atoms with E-state index in [9.17, 15) is 23.1 Å². The van der Waals surface area contributed by atoms with Crippen LogP contribution < -0.4 is 4.90 Å². The average molecular weight is 479 g/mol. The highest BCUT2D eigenvalue weighted by Crippen LogP contribution is 2.43. The van der Waals surface area contributed by atoms with Crippen molar-refractivity contribution in [1.82, 2.24) is 4.57 Å². The first-order valence-electron chi connectivity index (χ1n) is 11.6. The predicted molar refractivity (Wildman–Crippen MR) is 130 cm³/mol. The van der Waals surface area contributed by atoms with E-state index < -0.39 is 17.7 Å². The van der Waals surface area contributed by atoms with E-state index in [1.165, 1.54) is 12.1 Å². The van der Waals surface area contributed by atoms with Gasteiger partial charge in [-0.2, -0.15) is 13.2 Å². The number of nitrogens with zero attached hydrogens (tertiary/aromatic N) is 2. The number of fused-ring (bicyclic) bond motifs is 1. The van der Waals surface area contributed by atoms with Gasteiger partial charge in [-0.05, 0) is 42.2 Å². The SMILES string of the molecule is O=C(O)Cc1c(N2CCCC2c2cccc(C(F)(F)F)c2)n(Cc2ccccc2)c2ccccc12. The standard InChI is InChI=1S/C28H25F3N2O2/c29-28(30,31)21-11-6-10-20(16-21)24-14-7-15-32(24)27-23(17-26(34)35)22-12-4-5-13-25(22)33(27)18-19-8-2-1-3-9-19/h1-6,8-13,16,24H,7,14-15,17-18H2,(H,34,35). The quantitative estimate of drug-likeness (QED) is 0.336. The summed E-state index contributed by atoms with van der Waals surface area (Å²) in [5.74, 6) is -0.166. The van der Waals surface area contributed by atoms with Crippen molar-refractivity contribution in [1.29, 1.82) is 0 Å². The van der Waals surface area contributed by atoms with Gasteiger partial charge in [-0.25, -0.2) is 0 Å². The van der Waals surface area contributed by atoms with E-state index in [1.807, 2.05) is 54.6 Å². The lowest BCUT2D eigenvalue weighted by Gasteiger charge is -2.30. The van der Waals surface area contributed by atoms with Crippen LogP contribution in [0.15, 0.2) is 78.9 Å². The first kappa shape index (κ1) is 23.0. The molecule has 35 heavy (non-hydrogen) atoms. The van der Waals surface area contributed by atoms with Crippen LogP contribution in [-0.2, 0) is 23.9 Å². The second-order valence-corrected chi connectivity index (χ2v) is 8.94. The normalized spacial score (nSPS) is 16.2. The van der Waals surface area contributed by atoms with Crippen LogP contribution in [0.25, 0.3) is 10.9 Å². The Bertz CT molecular complexity index is 1360. The van der Waals surface area contributed by atoms with Crippen molar-refractivity contribution < 1.29 is 23.1 Å². The second-order valence-electron chi connectivity index (χ2n) is 8.94. The minimum absolute atomic E-state index is 0.163. The molecular weight excluding hydrogens is 453 g/mol. The van der Waals surface area contributed by atoms with E-state index in [0.717, 1.165) is 34.8 Å². The molecule has 1 aliphatic rings. The van der Waals surface area contributed by atoms with Crippen LogP contribution in [0.1, 0.15) is 41.1 Å². The zero-order valence-corrected chi connectivity index (χ0v) is 19.0. The molecule has 1 saturated heterocycles. The molecule has 0 saturated carbocycles. The first-order chi connectivity index (χ1) is 16.8. The van der Waals surface area contributed by atoms with Crippen LogP contribution in [0.3, 0.4) is 0 Å². The molecular formula is C28H25F3N2O2. The van der Waals surface area contributed by atoms with Crippen LogP contribution in [0.5, 0.6) is 0 Å². The van der Waals surface area contributed by atoms with Gasteiger partial charge in [0.1, 0.15) is 5.82 Å². The molecule has 1 unspecified atom stereocenters. The topological polar surface area (TPSA) is 45.5 Å².